The Bertz CT molecular complexity index is 366. The summed E-state index contributed by atoms with van der Waals surface area (Å²) >= 11 is 1.73. The van der Waals surface area contributed by atoms with Crippen molar-refractivity contribution in [1.29, 1.82) is 0 Å². The Labute approximate surface area is 122 Å². The number of thioether (sulfide) groups is 1. The fourth-order valence-electron chi connectivity index (χ4n) is 1.81. The standard InChI is InChI=1S/C16H27NOS/c1-12(2)10-17-11-15(13(3)4)18-14-8-6-7-9-16(14)19-5/h6-9,12-13,15,17H,10-11H2,1-5H3. The molecule has 19 heavy (non-hydrogen) atoms. The predicted octanol–water partition coefficient (Wildman–Crippen LogP) is 4.06. The number of hydrogen-bond acceptors (Lipinski definition) is 3. The summed E-state index contributed by atoms with van der Waals surface area (Å²) in [5.41, 5.74) is 0. The number of ether oxygens (including phenoxy) is 1. The van der Waals surface area contributed by atoms with Crippen LogP contribution in [0.1, 0.15) is 27.7 Å². The molecular weight excluding hydrogens is 254 g/mol. The minimum Gasteiger partial charge on any atom is -0.488 e. The van der Waals surface area contributed by atoms with Gasteiger partial charge in [-0.25, -0.2) is 0 Å². The number of para-hydroxylation sites is 1. The smallest absolute Gasteiger partial charge is 0.133 e. The number of benzene rings is 1. The molecule has 0 saturated heterocycles. The van der Waals surface area contributed by atoms with E-state index in [2.05, 4.69) is 57.5 Å². The molecule has 0 aromatic heterocycles. The van der Waals surface area contributed by atoms with E-state index in [1.54, 1.807) is 11.8 Å². The van der Waals surface area contributed by atoms with Gasteiger partial charge in [-0.1, -0.05) is 39.8 Å². The molecule has 0 saturated carbocycles. The molecule has 0 spiro atoms. The van der Waals surface area contributed by atoms with Crippen molar-refractivity contribution < 1.29 is 4.74 Å². The lowest BCUT2D eigenvalue weighted by Gasteiger charge is -2.24. The molecule has 1 aromatic carbocycles. The summed E-state index contributed by atoms with van der Waals surface area (Å²) < 4.78 is 6.20. The van der Waals surface area contributed by atoms with E-state index in [0.717, 1.165) is 18.8 Å². The largest absolute Gasteiger partial charge is 0.488 e. The van der Waals surface area contributed by atoms with Crippen molar-refractivity contribution >= 4 is 11.8 Å². The summed E-state index contributed by atoms with van der Waals surface area (Å²) in [7, 11) is 0. The Hall–Kier alpha value is -0.670. The highest BCUT2D eigenvalue weighted by molar-refractivity contribution is 7.98. The van der Waals surface area contributed by atoms with Gasteiger partial charge in [0.2, 0.25) is 0 Å². The van der Waals surface area contributed by atoms with Crippen LogP contribution in [0.15, 0.2) is 29.2 Å². The van der Waals surface area contributed by atoms with Crippen LogP contribution in [-0.4, -0.2) is 25.4 Å². The highest BCUT2D eigenvalue weighted by atomic mass is 32.2. The summed E-state index contributed by atoms with van der Waals surface area (Å²) in [5, 5.41) is 3.49. The molecule has 0 fully saturated rings. The third-order valence-corrected chi connectivity index (χ3v) is 3.77. The van der Waals surface area contributed by atoms with E-state index in [4.69, 9.17) is 4.74 Å². The molecule has 0 aliphatic heterocycles. The van der Waals surface area contributed by atoms with Gasteiger partial charge < -0.3 is 10.1 Å². The summed E-state index contributed by atoms with van der Waals surface area (Å²) in [6.45, 7) is 10.8. The lowest BCUT2D eigenvalue weighted by atomic mass is 10.1. The maximum absolute atomic E-state index is 6.20. The molecule has 0 amide bonds. The van der Waals surface area contributed by atoms with E-state index >= 15 is 0 Å². The second-order valence-electron chi connectivity index (χ2n) is 5.60. The minimum absolute atomic E-state index is 0.215. The van der Waals surface area contributed by atoms with Gasteiger partial charge >= 0.3 is 0 Å². The van der Waals surface area contributed by atoms with Gasteiger partial charge in [0.25, 0.3) is 0 Å². The van der Waals surface area contributed by atoms with Gasteiger partial charge in [-0.2, -0.15) is 0 Å². The fraction of sp³-hybridized carbons (Fsp3) is 0.625. The van der Waals surface area contributed by atoms with Crippen LogP contribution in [0.3, 0.4) is 0 Å². The first kappa shape index (κ1) is 16.4. The first-order valence-electron chi connectivity index (χ1n) is 7.05. The van der Waals surface area contributed by atoms with Crippen molar-refractivity contribution in [2.75, 3.05) is 19.3 Å². The molecule has 1 N–H and O–H groups in total. The molecule has 0 radical (unpaired) electrons. The molecule has 0 heterocycles. The highest BCUT2D eigenvalue weighted by Crippen LogP contribution is 2.28. The molecule has 0 aliphatic carbocycles. The molecule has 1 rings (SSSR count). The van der Waals surface area contributed by atoms with Crippen LogP contribution in [0.25, 0.3) is 0 Å². The predicted molar refractivity (Wildman–Crippen MR) is 85.2 cm³/mol. The van der Waals surface area contributed by atoms with Crippen LogP contribution >= 0.6 is 11.8 Å². The summed E-state index contributed by atoms with van der Waals surface area (Å²) in [6.07, 6.45) is 2.30. The van der Waals surface area contributed by atoms with Gasteiger partial charge in [-0.3, -0.25) is 0 Å². The third kappa shape index (κ3) is 5.87. The van der Waals surface area contributed by atoms with Gasteiger partial charge in [-0.05, 0) is 36.8 Å². The summed E-state index contributed by atoms with van der Waals surface area (Å²) in [5.74, 6) is 2.17. The maximum atomic E-state index is 6.20. The quantitative estimate of drug-likeness (QED) is 0.726. The normalized spacial score (nSPS) is 13.0. The van der Waals surface area contributed by atoms with Gasteiger partial charge in [0.15, 0.2) is 0 Å². The molecule has 1 unspecified atom stereocenters. The number of rotatable bonds is 8. The SMILES string of the molecule is CSc1ccccc1OC(CNCC(C)C)C(C)C. The monoisotopic (exact) mass is 281 g/mol. The van der Waals surface area contributed by atoms with Crippen LogP contribution in [0.2, 0.25) is 0 Å². The molecule has 0 bridgehead atoms. The Kier molecular flexibility index (Phi) is 7.32. The van der Waals surface area contributed by atoms with Gasteiger partial charge in [0.1, 0.15) is 11.9 Å². The van der Waals surface area contributed by atoms with E-state index < -0.39 is 0 Å². The first-order chi connectivity index (χ1) is 9.04. The molecule has 108 valence electrons. The van der Waals surface area contributed by atoms with Crippen molar-refractivity contribution in [3.8, 4) is 5.75 Å². The van der Waals surface area contributed by atoms with E-state index in [0.29, 0.717) is 11.8 Å². The van der Waals surface area contributed by atoms with Crippen LogP contribution in [-0.2, 0) is 0 Å². The molecule has 3 heteroatoms. The van der Waals surface area contributed by atoms with Crippen molar-refractivity contribution in [3.63, 3.8) is 0 Å². The fourth-order valence-corrected chi connectivity index (χ4v) is 2.34. The second kappa shape index (κ2) is 8.49. The van der Waals surface area contributed by atoms with Crippen molar-refractivity contribution in [2.45, 2.75) is 38.7 Å². The average Bonchev–Trinajstić information content (AvgIpc) is 2.37. The van der Waals surface area contributed by atoms with E-state index in [9.17, 15) is 0 Å². The third-order valence-electron chi connectivity index (χ3n) is 2.99. The number of hydrogen-bond donors (Lipinski definition) is 1. The topological polar surface area (TPSA) is 21.3 Å². The van der Waals surface area contributed by atoms with Crippen LogP contribution in [0.4, 0.5) is 0 Å². The maximum Gasteiger partial charge on any atom is 0.133 e. The van der Waals surface area contributed by atoms with Gasteiger partial charge in [0, 0.05) is 11.4 Å². The first-order valence-corrected chi connectivity index (χ1v) is 8.27. The molecule has 1 atom stereocenters. The Morgan fingerprint density at radius 3 is 2.37 bits per heavy atom. The Morgan fingerprint density at radius 2 is 1.79 bits per heavy atom. The lowest BCUT2D eigenvalue weighted by Crippen LogP contribution is -2.37. The van der Waals surface area contributed by atoms with Crippen molar-refractivity contribution in [2.24, 2.45) is 11.8 Å². The zero-order chi connectivity index (χ0) is 14.3. The second-order valence-corrected chi connectivity index (χ2v) is 6.45. The zero-order valence-corrected chi connectivity index (χ0v) is 13.6. The van der Waals surface area contributed by atoms with Crippen LogP contribution in [0, 0.1) is 11.8 Å². The van der Waals surface area contributed by atoms with Crippen molar-refractivity contribution in [1.82, 2.24) is 5.32 Å². The zero-order valence-electron chi connectivity index (χ0n) is 12.8. The van der Waals surface area contributed by atoms with Gasteiger partial charge in [0.05, 0.1) is 0 Å². The average molecular weight is 281 g/mol. The van der Waals surface area contributed by atoms with Crippen LogP contribution in [0.5, 0.6) is 5.75 Å². The minimum atomic E-state index is 0.215. The molecule has 0 aliphatic rings. The van der Waals surface area contributed by atoms with E-state index in [-0.39, 0.29) is 6.10 Å². The van der Waals surface area contributed by atoms with Crippen molar-refractivity contribution in [3.05, 3.63) is 24.3 Å². The summed E-state index contributed by atoms with van der Waals surface area (Å²) in [4.78, 5) is 1.21. The lowest BCUT2D eigenvalue weighted by molar-refractivity contribution is 0.144. The van der Waals surface area contributed by atoms with Crippen LogP contribution < -0.4 is 10.1 Å². The molecule has 1 aromatic rings. The molecular formula is C16H27NOS. The number of nitrogens with one attached hydrogen (secondary N) is 1. The highest BCUT2D eigenvalue weighted by Gasteiger charge is 2.16. The van der Waals surface area contributed by atoms with Gasteiger partial charge in [-0.15, -0.1) is 11.8 Å². The molecule has 2 nitrogen and oxygen atoms in total. The Morgan fingerprint density at radius 1 is 1.11 bits per heavy atom. The Balaban J connectivity index is 2.62. The summed E-state index contributed by atoms with van der Waals surface area (Å²) in [6, 6.07) is 8.26. The van der Waals surface area contributed by atoms with E-state index in [1.807, 2.05) is 6.07 Å². The van der Waals surface area contributed by atoms with E-state index in [1.165, 1.54) is 4.90 Å².